The topological polar surface area (TPSA) is 51.1 Å². The van der Waals surface area contributed by atoms with Gasteiger partial charge in [0.2, 0.25) is 0 Å². The van der Waals surface area contributed by atoms with Crippen LogP contribution in [0.2, 0.25) is 0 Å². The fraction of sp³-hybridized carbons (Fsp3) is 0.182. The van der Waals surface area contributed by atoms with Gasteiger partial charge in [0.15, 0.2) is 0 Å². The van der Waals surface area contributed by atoms with E-state index in [1.807, 2.05) is 26.0 Å². The first kappa shape index (κ1) is 20.4. The van der Waals surface area contributed by atoms with Crippen molar-refractivity contribution in [1.29, 1.82) is 0 Å². The van der Waals surface area contributed by atoms with E-state index in [0.29, 0.717) is 11.3 Å². The molecule has 1 aromatic heterocycles. The number of nitrogens with one attached hydrogen (secondary N) is 1. The maximum atomic E-state index is 12.9. The molecule has 0 saturated heterocycles. The molecule has 0 atom stereocenters. The van der Waals surface area contributed by atoms with Crippen molar-refractivity contribution in [2.24, 2.45) is 0 Å². The molecule has 29 heavy (non-hydrogen) atoms. The van der Waals surface area contributed by atoms with Crippen LogP contribution in [0.5, 0.6) is 0 Å². The fourth-order valence-corrected chi connectivity index (χ4v) is 3.02. The minimum atomic E-state index is -4.46. The van der Waals surface area contributed by atoms with Gasteiger partial charge < -0.3 is 9.88 Å². The predicted octanol–water partition coefficient (Wildman–Crippen LogP) is 4.78. The number of carbonyl (C=O) groups excluding carboxylic acids is 1. The first-order valence-corrected chi connectivity index (χ1v) is 8.89. The van der Waals surface area contributed by atoms with Crippen molar-refractivity contribution in [3.63, 3.8) is 0 Å². The molecule has 0 aliphatic heterocycles. The van der Waals surface area contributed by atoms with Crippen LogP contribution in [0, 0.1) is 13.8 Å². The van der Waals surface area contributed by atoms with E-state index in [9.17, 15) is 22.8 Å². The first-order valence-electron chi connectivity index (χ1n) is 8.89. The number of hydrogen-bond acceptors (Lipinski definition) is 2. The Labute approximate surface area is 165 Å². The summed E-state index contributed by atoms with van der Waals surface area (Å²) >= 11 is 0. The minimum Gasteiger partial charge on any atom is -0.322 e. The molecule has 0 saturated carbocycles. The van der Waals surface area contributed by atoms with Gasteiger partial charge in [-0.05, 0) is 55.3 Å². The maximum Gasteiger partial charge on any atom is 0.416 e. The summed E-state index contributed by atoms with van der Waals surface area (Å²) in [4.78, 5) is 25.3. The molecule has 1 heterocycles. The third-order valence-corrected chi connectivity index (χ3v) is 4.50. The van der Waals surface area contributed by atoms with Gasteiger partial charge >= 0.3 is 6.18 Å². The second-order valence-electron chi connectivity index (χ2n) is 6.83. The molecular formula is C22H19F3N2O2. The zero-order valence-corrected chi connectivity index (χ0v) is 15.9. The molecular weight excluding hydrogens is 381 g/mol. The van der Waals surface area contributed by atoms with Crippen LogP contribution in [0.4, 0.5) is 18.9 Å². The average Bonchev–Trinajstić information content (AvgIpc) is 2.65. The quantitative estimate of drug-likeness (QED) is 0.685. The Morgan fingerprint density at radius 1 is 1.03 bits per heavy atom. The van der Waals surface area contributed by atoms with Crippen LogP contribution in [0.25, 0.3) is 0 Å². The normalized spacial score (nSPS) is 11.3. The molecule has 0 unspecified atom stereocenters. The number of nitrogens with zero attached hydrogens (tertiary/aromatic N) is 1. The lowest BCUT2D eigenvalue weighted by atomic mass is 10.1. The summed E-state index contributed by atoms with van der Waals surface area (Å²) in [6.45, 7) is 3.70. The van der Waals surface area contributed by atoms with Crippen LogP contribution in [0.3, 0.4) is 0 Å². The van der Waals surface area contributed by atoms with Gasteiger partial charge in [0.05, 0.1) is 12.1 Å². The van der Waals surface area contributed by atoms with E-state index in [-0.39, 0.29) is 12.1 Å². The van der Waals surface area contributed by atoms with Crippen LogP contribution in [-0.4, -0.2) is 10.5 Å². The summed E-state index contributed by atoms with van der Waals surface area (Å²) < 4.78 is 39.9. The van der Waals surface area contributed by atoms with Crippen molar-refractivity contribution in [2.75, 3.05) is 5.32 Å². The third-order valence-electron chi connectivity index (χ3n) is 4.50. The van der Waals surface area contributed by atoms with Gasteiger partial charge in [0.25, 0.3) is 11.5 Å². The number of hydrogen-bond donors (Lipinski definition) is 1. The monoisotopic (exact) mass is 400 g/mol. The van der Waals surface area contributed by atoms with Gasteiger partial charge in [-0.25, -0.2) is 0 Å². The van der Waals surface area contributed by atoms with Crippen LogP contribution >= 0.6 is 0 Å². The van der Waals surface area contributed by atoms with Gasteiger partial charge in [0.1, 0.15) is 5.56 Å². The van der Waals surface area contributed by atoms with Crippen molar-refractivity contribution in [1.82, 2.24) is 4.57 Å². The number of alkyl halides is 3. The summed E-state index contributed by atoms with van der Waals surface area (Å²) in [6, 6.07) is 13.2. The maximum absolute atomic E-state index is 12.9. The number of pyridine rings is 1. The number of rotatable bonds is 4. The molecule has 0 bridgehead atoms. The molecule has 150 valence electrons. The Bertz CT molecular complexity index is 1120. The average molecular weight is 400 g/mol. The Morgan fingerprint density at radius 2 is 1.79 bits per heavy atom. The molecule has 1 amide bonds. The predicted molar refractivity (Wildman–Crippen MR) is 105 cm³/mol. The van der Waals surface area contributed by atoms with Gasteiger partial charge in [-0.1, -0.05) is 29.8 Å². The summed E-state index contributed by atoms with van der Waals surface area (Å²) in [5.41, 5.74) is 1.36. The van der Waals surface area contributed by atoms with Gasteiger partial charge in [-0.2, -0.15) is 13.2 Å². The van der Waals surface area contributed by atoms with Gasteiger partial charge in [0, 0.05) is 11.9 Å². The van der Waals surface area contributed by atoms with Crippen LogP contribution in [-0.2, 0) is 12.7 Å². The first-order chi connectivity index (χ1) is 13.6. The van der Waals surface area contributed by atoms with E-state index < -0.39 is 23.2 Å². The Morgan fingerprint density at radius 3 is 2.48 bits per heavy atom. The summed E-state index contributed by atoms with van der Waals surface area (Å²) in [5, 5.41) is 2.71. The van der Waals surface area contributed by atoms with Gasteiger partial charge in [-0.3, -0.25) is 9.59 Å². The molecule has 0 fully saturated rings. The molecule has 4 nitrogen and oxygen atoms in total. The summed E-state index contributed by atoms with van der Waals surface area (Å²) in [6.07, 6.45) is -3.02. The lowest BCUT2D eigenvalue weighted by molar-refractivity contribution is -0.137. The molecule has 3 aromatic rings. The van der Waals surface area contributed by atoms with E-state index in [4.69, 9.17) is 0 Å². The number of amides is 1. The standard InChI is InChI=1S/C22H19F3N2O2/c1-14-8-9-19(15(2)11-14)26-20(28)18-7-4-10-27(21(18)29)13-16-5-3-6-17(12-16)22(23,24)25/h3-12H,13H2,1-2H3,(H,26,28). The molecule has 0 spiro atoms. The highest BCUT2D eigenvalue weighted by atomic mass is 19.4. The zero-order valence-electron chi connectivity index (χ0n) is 15.9. The summed E-state index contributed by atoms with van der Waals surface area (Å²) in [7, 11) is 0. The van der Waals surface area contributed by atoms with Crippen molar-refractivity contribution in [2.45, 2.75) is 26.6 Å². The second-order valence-corrected chi connectivity index (χ2v) is 6.83. The highest BCUT2D eigenvalue weighted by Gasteiger charge is 2.30. The van der Waals surface area contributed by atoms with Crippen molar-refractivity contribution in [3.8, 4) is 0 Å². The number of aromatic nitrogens is 1. The molecule has 7 heteroatoms. The van der Waals surface area contributed by atoms with E-state index in [0.717, 1.165) is 23.3 Å². The number of carbonyl (C=O) groups is 1. The highest BCUT2D eigenvalue weighted by Crippen LogP contribution is 2.29. The van der Waals surface area contributed by atoms with Crippen LogP contribution in [0.1, 0.15) is 32.6 Å². The molecule has 3 rings (SSSR count). The van der Waals surface area contributed by atoms with Crippen molar-refractivity contribution >= 4 is 11.6 Å². The Kier molecular flexibility index (Phi) is 5.59. The number of anilines is 1. The summed E-state index contributed by atoms with van der Waals surface area (Å²) in [5.74, 6) is -0.569. The van der Waals surface area contributed by atoms with Crippen molar-refractivity contribution in [3.05, 3.63) is 99.0 Å². The number of benzene rings is 2. The minimum absolute atomic E-state index is 0.0760. The Balaban J connectivity index is 1.86. The van der Waals surface area contributed by atoms with E-state index in [1.54, 1.807) is 6.07 Å². The van der Waals surface area contributed by atoms with Crippen LogP contribution < -0.4 is 10.9 Å². The Hall–Kier alpha value is -3.35. The second kappa shape index (κ2) is 7.95. The van der Waals surface area contributed by atoms with E-state index in [2.05, 4.69) is 5.32 Å². The smallest absolute Gasteiger partial charge is 0.322 e. The largest absolute Gasteiger partial charge is 0.416 e. The fourth-order valence-electron chi connectivity index (χ4n) is 3.02. The molecule has 1 N–H and O–H groups in total. The highest BCUT2D eigenvalue weighted by molar-refractivity contribution is 6.04. The van der Waals surface area contributed by atoms with Crippen LogP contribution in [0.15, 0.2) is 65.6 Å². The van der Waals surface area contributed by atoms with E-state index in [1.165, 1.54) is 35.0 Å². The number of halogens is 3. The molecule has 2 aromatic carbocycles. The third kappa shape index (κ3) is 4.74. The molecule has 0 aliphatic carbocycles. The van der Waals surface area contributed by atoms with E-state index >= 15 is 0 Å². The SMILES string of the molecule is Cc1ccc(NC(=O)c2cccn(Cc3cccc(C(F)(F)F)c3)c2=O)c(C)c1. The van der Waals surface area contributed by atoms with Crippen molar-refractivity contribution < 1.29 is 18.0 Å². The number of aryl methyl sites for hydroxylation is 2. The lowest BCUT2D eigenvalue weighted by Crippen LogP contribution is -2.29. The molecule has 0 aliphatic rings. The zero-order chi connectivity index (χ0) is 21.2. The van der Waals surface area contributed by atoms with Gasteiger partial charge in [-0.15, -0.1) is 0 Å². The lowest BCUT2D eigenvalue weighted by Gasteiger charge is -2.12. The molecule has 0 radical (unpaired) electrons.